The quantitative estimate of drug-likeness (QED) is 0.726. The van der Waals surface area contributed by atoms with Gasteiger partial charge in [0.15, 0.2) is 0 Å². The minimum Gasteiger partial charge on any atom is -0.384 e. The molecule has 1 nitrogen and oxygen atoms in total. The average Bonchev–Trinajstić information content (AvgIpc) is 2.28. The predicted molar refractivity (Wildman–Crippen MR) is 68.4 cm³/mol. The average molecular weight is 289 g/mol. The Morgan fingerprint density at radius 1 is 1.31 bits per heavy atom. The van der Waals surface area contributed by atoms with Crippen molar-refractivity contribution in [2.75, 3.05) is 19.0 Å². The first-order valence-electron chi connectivity index (χ1n) is 5.46. The van der Waals surface area contributed by atoms with Gasteiger partial charge in [-0.3, -0.25) is 0 Å². The van der Waals surface area contributed by atoms with Gasteiger partial charge in [-0.1, -0.05) is 35.0 Å². The maximum absolute atomic E-state index is 12.8. The van der Waals surface area contributed by atoms with Crippen LogP contribution in [-0.4, -0.2) is 19.0 Å². The van der Waals surface area contributed by atoms with Gasteiger partial charge in [0.1, 0.15) is 5.82 Å². The topological polar surface area (TPSA) is 9.23 Å². The lowest BCUT2D eigenvalue weighted by atomic mass is 9.90. The molecule has 0 N–H and O–H groups in total. The Morgan fingerprint density at radius 2 is 1.94 bits per heavy atom. The van der Waals surface area contributed by atoms with Crippen LogP contribution in [0.3, 0.4) is 0 Å². The molecule has 16 heavy (non-hydrogen) atoms. The summed E-state index contributed by atoms with van der Waals surface area (Å²) in [4.78, 5) is 0. The number of halogens is 2. The molecule has 3 heteroatoms. The molecule has 0 aromatic heterocycles. The molecule has 2 unspecified atom stereocenters. The number of alkyl halides is 1. The van der Waals surface area contributed by atoms with Crippen molar-refractivity contribution in [3.8, 4) is 0 Å². The number of hydrogen-bond donors (Lipinski definition) is 0. The maximum atomic E-state index is 12.8. The van der Waals surface area contributed by atoms with Crippen LogP contribution in [-0.2, 0) is 11.2 Å². The van der Waals surface area contributed by atoms with E-state index >= 15 is 0 Å². The third kappa shape index (κ3) is 4.22. The summed E-state index contributed by atoms with van der Waals surface area (Å²) in [6, 6.07) is 6.73. The lowest BCUT2D eigenvalue weighted by molar-refractivity contribution is 0.135. The first kappa shape index (κ1) is 13.7. The van der Waals surface area contributed by atoms with Crippen molar-refractivity contribution >= 4 is 15.9 Å². The molecule has 0 amide bonds. The second-order valence-electron chi connectivity index (χ2n) is 4.18. The van der Waals surface area contributed by atoms with Crippen LogP contribution in [0.2, 0.25) is 0 Å². The zero-order valence-corrected chi connectivity index (χ0v) is 11.3. The van der Waals surface area contributed by atoms with Crippen LogP contribution >= 0.6 is 15.9 Å². The third-order valence-corrected chi connectivity index (χ3v) is 3.68. The number of methoxy groups -OCH3 is 1. The van der Waals surface area contributed by atoms with Crippen molar-refractivity contribution in [3.05, 3.63) is 35.6 Å². The smallest absolute Gasteiger partial charge is 0.123 e. The van der Waals surface area contributed by atoms with Crippen molar-refractivity contribution in [1.82, 2.24) is 0 Å². The van der Waals surface area contributed by atoms with Gasteiger partial charge in [-0.2, -0.15) is 0 Å². The summed E-state index contributed by atoms with van der Waals surface area (Å²) in [5.74, 6) is 0.837. The minimum atomic E-state index is -0.177. The standard InChI is InChI=1S/C13H18BrFO/c1-10(9-16-2)12(8-14)7-11-3-5-13(15)6-4-11/h3-6,10,12H,7-9H2,1-2H3. The molecule has 1 aromatic rings. The van der Waals surface area contributed by atoms with Crippen LogP contribution in [0.5, 0.6) is 0 Å². The maximum Gasteiger partial charge on any atom is 0.123 e. The summed E-state index contributed by atoms with van der Waals surface area (Å²) in [5, 5.41) is 0.939. The molecule has 0 radical (unpaired) electrons. The first-order chi connectivity index (χ1) is 7.67. The SMILES string of the molecule is COCC(C)C(CBr)Cc1ccc(F)cc1. The van der Waals surface area contributed by atoms with Crippen LogP contribution < -0.4 is 0 Å². The molecule has 0 spiro atoms. The van der Waals surface area contributed by atoms with Crippen molar-refractivity contribution in [1.29, 1.82) is 0 Å². The molecule has 0 aliphatic heterocycles. The Bertz CT molecular complexity index is 299. The van der Waals surface area contributed by atoms with Gasteiger partial charge in [0.2, 0.25) is 0 Å². The highest BCUT2D eigenvalue weighted by Crippen LogP contribution is 2.20. The second kappa shape index (κ2) is 7.02. The monoisotopic (exact) mass is 288 g/mol. The molecular formula is C13H18BrFO. The van der Waals surface area contributed by atoms with E-state index in [1.54, 1.807) is 7.11 Å². The third-order valence-electron chi connectivity index (χ3n) is 2.84. The van der Waals surface area contributed by atoms with Crippen LogP contribution in [0.25, 0.3) is 0 Å². The van der Waals surface area contributed by atoms with Gasteiger partial charge in [-0.05, 0) is 36.0 Å². The molecule has 90 valence electrons. The summed E-state index contributed by atoms with van der Waals surface area (Å²) in [6.45, 7) is 2.94. The van der Waals surface area contributed by atoms with E-state index < -0.39 is 0 Å². The van der Waals surface area contributed by atoms with Gasteiger partial charge in [-0.25, -0.2) is 4.39 Å². The van der Waals surface area contributed by atoms with Crippen LogP contribution in [0.1, 0.15) is 12.5 Å². The highest BCUT2D eigenvalue weighted by Gasteiger charge is 2.16. The van der Waals surface area contributed by atoms with Crippen LogP contribution in [0.4, 0.5) is 4.39 Å². The van der Waals surface area contributed by atoms with Crippen LogP contribution in [0, 0.1) is 17.7 Å². The van der Waals surface area contributed by atoms with Crippen molar-refractivity contribution < 1.29 is 9.13 Å². The van der Waals surface area contributed by atoms with Gasteiger partial charge < -0.3 is 4.74 Å². The molecule has 0 saturated carbocycles. The lowest BCUT2D eigenvalue weighted by Crippen LogP contribution is -2.20. The van der Waals surface area contributed by atoms with Gasteiger partial charge in [0.25, 0.3) is 0 Å². The van der Waals surface area contributed by atoms with Gasteiger partial charge in [0, 0.05) is 19.0 Å². The van der Waals surface area contributed by atoms with Crippen molar-refractivity contribution in [2.45, 2.75) is 13.3 Å². The molecule has 1 rings (SSSR count). The fraction of sp³-hybridized carbons (Fsp3) is 0.538. The molecular weight excluding hydrogens is 271 g/mol. The molecule has 2 atom stereocenters. The normalized spacial score (nSPS) is 14.8. The first-order valence-corrected chi connectivity index (χ1v) is 6.58. The van der Waals surface area contributed by atoms with E-state index in [1.807, 2.05) is 12.1 Å². The predicted octanol–water partition coefficient (Wildman–Crippen LogP) is 3.66. The fourth-order valence-corrected chi connectivity index (χ4v) is 2.60. The lowest BCUT2D eigenvalue weighted by Gasteiger charge is -2.21. The summed E-state index contributed by atoms with van der Waals surface area (Å²) in [6.07, 6.45) is 0.954. The second-order valence-corrected chi connectivity index (χ2v) is 4.83. The molecule has 0 saturated heterocycles. The largest absolute Gasteiger partial charge is 0.384 e. The van der Waals surface area contributed by atoms with E-state index in [1.165, 1.54) is 17.7 Å². The van der Waals surface area contributed by atoms with E-state index in [0.717, 1.165) is 18.4 Å². The fourth-order valence-electron chi connectivity index (χ4n) is 1.73. The Kier molecular flexibility index (Phi) is 5.99. The Balaban J connectivity index is 2.59. The highest BCUT2D eigenvalue weighted by atomic mass is 79.9. The Hall–Kier alpha value is -0.410. The summed E-state index contributed by atoms with van der Waals surface area (Å²) >= 11 is 3.53. The Labute approximate surface area is 105 Å². The van der Waals surface area contributed by atoms with Crippen LogP contribution in [0.15, 0.2) is 24.3 Å². The summed E-state index contributed by atoms with van der Waals surface area (Å²) in [7, 11) is 1.72. The van der Waals surface area contributed by atoms with E-state index in [9.17, 15) is 4.39 Å². The summed E-state index contributed by atoms with van der Waals surface area (Å²) in [5.41, 5.74) is 1.17. The summed E-state index contributed by atoms with van der Waals surface area (Å²) < 4.78 is 17.9. The molecule has 0 aliphatic carbocycles. The van der Waals surface area contributed by atoms with E-state index in [-0.39, 0.29) is 5.82 Å². The van der Waals surface area contributed by atoms with E-state index in [2.05, 4.69) is 22.9 Å². The molecule has 0 aliphatic rings. The molecule has 1 aromatic carbocycles. The number of benzene rings is 1. The van der Waals surface area contributed by atoms with E-state index in [4.69, 9.17) is 4.74 Å². The zero-order valence-electron chi connectivity index (χ0n) is 9.75. The van der Waals surface area contributed by atoms with Gasteiger partial charge in [0.05, 0.1) is 0 Å². The number of rotatable bonds is 6. The van der Waals surface area contributed by atoms with E-state index in [0.29, 0.717) is 11.8 Å². The Morgan fingerprint density at radius 3 is 2.44 bits per heavy atom. The van der Waals surface area contributed by atoms with Gasteiger partial charge in [-0.15, -0.1) is 0 Å². The zero-order chi connectivity index (χ0) is 12.0. The number of ether oxygens (including phenoxy) is 1. The molecule has 0 fully saturated rings. The number of hydrogen-bond acceptors (Lipinski definition) is 1. The molecule has 0 bridgehead atoms. The van der Waals surface area contributed by atoms with Crippen molar-refractivity contribution in [2.24, 2.45) is 11.8 Å². The molecule has 0 heterocycles. The van der Waals surface area contributed by atoms with Crippen molar-refractivity contribution in [3.63, 3.8) is 0 Å². The highest BCUT2D eigenvalue weighted by molar-refractivity contribution is 9.09. The van der Waals surface area contributed by atoms with Gasteiger partial charge >= 0.3 is 0 Å². The minimum absolute atomic E-state index is 0.177.